The maximum Gasteiger partial charge on any atom is 0.349 e. The molecule has 344 valence electrons. The summed E-state index contributed by atoms with van der Waals surface area (Å²) in [6.45, 7) is 6.45. The Morgan fingerprint density at radius 1 is 0.836 bits per heavy atom. The number of fused-ring (bicyclic) bond motifs is 1. The third-order valence-corrected chi connectivity index (χ3v) is 12.8. The highest BCUT2D eigenvalue weighted by Gasteiger charge is 2.36. The largest absolute Gasteiger partial charge is 0.489 e. The highest BCUT2D eigenvalue weighted by molar-refractivity contribution is 5.95. The van der Waals surface area contributed by atoms with Crippen LogP contribution < -0.4 is 30.3 Å². The number of para-hydroxylation sites is 2. The summed E-state index contributed by atoms with van der Waals surface area (Å²) in [5, 5.41) is 16.0. The van der Waals surface area contributed by atoms with Crippen molar-refractivity contribution in [3.8, 4) is 28.4 Å². The lowest BCUT2D eigenvalue weighted by atomic mass is 9.80. The van der Waals surface area contributed by atoms with Crippen molar-refractivity contribution in [1.29, 1.82) is 0 Å². The number of anilines is 3. The van der Waals surface area contributed by atoms with Crippen LogP contribution in [0.4, 0.5) is 17.2 Å². The third-order valence-electron chi connectivity index (χ3n) is 12.8. The maximum absolute atomic E-state index is 13.8. The number of piperidine rings is 1. The van der Waals surface area contributed by atoms with Crippen LogP contribution in [0.2, 0.25) is 0 Å². The summed E-state index contributed by atoms with van der Waals surface area (Å²) in [5.74, 6) is 0.272. The van der Waals surface area contributed by atoms with Crippen LogP contribution in [0.5, 0.6) is 11.5 Å². The molecule has 5 aromatic rings. The number of hydrogen-bond donors (Lipinski definition) is 2. The highest BCUT2D eigenvalue weighted by Crippen LogP contribution is 2.45. The Morgan fingerprint density at radius 2 is 1.60 bits per heavy atom. The molecule has 0 spiro atoms. The van der Waals surface area contributed by atoms with Gasteiger partial charge in [0.1, 0.15) is 23.8 Å². The molecule has 1 saturated carbocycles. The molecule has 0 bridgehead atoms. The van der Waals surface area contributed by atoms with Crippen LogP contribution in [-0.4, -0.2) is 100 Å². The number of ether oxygens (including phenoxy) is 3. The Hall–Kier alpha value is -7.59. The van der Waals surface area contributed by atoms with Crippen molar-refractivity contribution < 1.29 is 33.4 Å². The Bertz CT molecular complexity index is 2710. The van der Waals surface area contributed by atoms with Gasteiger partial charge in [0.2, 0.25) is 11.8 Å². The van der Waals surface area contributed by atoms with Gasteiger partial charge in [0.25, 0.3) is 0 Å². The summed E-state index contributed by atoms with van der Waals surface area (Å²) < 4.78 is 18.8. The van der Waals surface area contributed by atoms with Gasteiger partial charge >= 0.3 is 11.9 Å². The van der Waals surface area contributed by atoms with Gasteiger partial charge in [0, 0.05) is 36.8 Å². The Labute approximate surface area is 388 Å². The van der Waals surface area contributed by atoms with Gasteiger partial charge in [-0.2, -0.15) is 5.10 Å². The number of nitrogens with zero attached hydrogens (tertiary/aromatic N) is 7. The summed E-state index contributed by atoms with van der Waals surface area (Å²) >= 11 is 0. The van der Waals surface area contributed by atoms with E-state index in [0.717, 1.165) is 62.3 Å². The molecule has 3 N–H and O–H groups in total. The van der Waals surface area contributed by atoms with E-state index in [9.17, 15) is 19.2 Å². The quantitative estimate of drug-likeness (QED) is 0.115. The Morgan fingerprint density at radius 3 is 2.37 bits per heavy atom. The summed E-state index contributed by atoms with van der Waals surface area (Å²) in [5.41, 5.74) is 12.0. The van der Waals surface area contributed by atoms with Crippen molar-refractivity contribution in [2.24, 2.45) is 0 Å². The lowest BCUT2D eigenvalue weighted by Gasteiger charge is -2.43. The fourth-order valence-electron chi connectivity index (χ4n) is 9.50. The molecule has 3 aliphatic heterocycles. The molecule has 0 unspecified atom stereocenters. The fraction of sp³-hybridized carbons (Fsp3) is 0.314. The van der Waals surface area contributed by atoms with E-state index in [4.69, 9.17) is 19.9 Å². The number of nitrogens with two attached hydrogens (primary N) is 1. The van der Waals surface area contributed by atoms with Gasteiger partial charge in [-0.3, -0.25) is 19.3 Å². The number of carbonyl (C=O) groups is 4. The minimum absolute atomic E-state index is 0.00578. The molecular weight excluding hydrogens is 851 g/mol. The van der Waals surface area contributed by atoms with Crippen molar-refractivity contribution in [3.63, 3.8) is 0 Å². The van der Waals surface area contributed by atoms with Gasteiger partial charge in [0.15, 0.2) is 12.4 Å². The maximum atomic E-state index is 13.8. The normalized spacial score (nSPS) is 19.6. The number of nitrogens with one attached hydrogen (secondary N) is 1. The number of piperazine rings is 1. The molecule has 4 aliphatic rings. The van der Waals surface area contributed by atoms with Gasteiger partial charge in [-0.1, -0.05) is 85.4 Å². The van der Waals surface area contributed by atoms with Crippen LogP contribution in [0, 0.1) is 0 Å². The minimum Gasteiger partial charge on any atom is -0.489 e. The molecule has 1 aliphatic carbocycles. The average molecular weight is 904 g/mol. The first-order valence-corrected chi connectivity index (χ1v) is 22.7. The number of aromatic nitrogens is 4. The summed E-state index contributed by atoms with van der Waals surface area (Å²) in [6, 6.07) is 31.9. The van der Waals surface area contributed by atoms with E-state index in [1.807, 2.05) is 42.5 Å². The number of carbonyl (C=O) groups excluding carboxylic acids is 4. The molecule has 3 aromatic carbocycles. The molecule has 2 aromatic heterocycles. The Kier molecular flexibility index (Phi) is 13.5. The van der Waals surface area contributed by atoms with Gasteiger partial charge in [0.05, 0.1) is 55.0 Å². The van der Waals surface area contributed by atoms with E-state index in [-0.39, 0.29) is 35.8 Å². The van der Waals surface area contributed by atoms with Gasteiger partial charge in [-0.15, -0.1) is 10.2 Å². The monoisotopic (exact) mass is 903 g/mol. The molecule has 1 atom stereocenters. The highest BCUT2D eigenvalue weighted by atomic mass is 16.6. The smallest absolute Gasteiger partial charge is 0.349 e. The van der Waals surface area contributed by atoms with E-state index in [0.29, 0.717) is 66.3 Å². The van der Waals surface area contributed by atoms with Crippen LogP contribution in [0.1, 0.15) is 55.6 Å². The predicted octanol–water partition coefficient (Wildman–Crippen LogP) is 6.09. The molecule has 5 heterocycles. The first-order chi connectivity index (χ1) is 32.7. The first-order valence-electron chi connectivity index (χ1n) is 22.7. The van der Waals surface area contributed by atoms with Crippen LogP contribution in [-0.2, 0) is 30.3 Å². The molecular formula is C51H53N9O7. The van der Waals surface area contributed by atoms with Crippen LogP contribution in [0.25, 0.3) is 16.9 Å². The third kappa shape index (κ3) is 10.3. The van der Waals surface area contributed by atoms with Crippen LogP contribution in [0.3, 0.4) is 0 Å². The van der Waals surface area contributed by atoms with Crippen molar-refractivity contribution in [1.82, 2.24) is 30.2 Å². The Balaban J connectivity index is 0.798. The van der Waals surface area contributed by atoms with Gasteiger partial charge in [-0.05, 0) is 73.4 Å². The number of rotatable bonds is 11. The molecule has 16 heteroatoms. The molecule has 16 nitrogen and oxygen atoms in total. The number of amides is 2. The lowest BCUT2D eigenvalue weighted by molar-refractivity contribution is -0.153. The van der Waals surface area contributed by atoms with E-state index in [1.165, 1.54) is 5.56 Å². The van der Waals surface area contributed by atoms with Crippen molar-refractivity contribution in [2.45, 2.75) is 62.9 Å². The van der Waals surface area contributed by atoms with Crippen molar-refractivity contribution in [3.05, 3.63) is 139 Å². The van der Waals surface area contributed by atoms with Gasteiger partial charge < -0.3 is 35.1 Å². The molecule has 3 fully saturated rings. The van der Waals surface area contributed by atoms with E-state index >= 15 is 0 Å². The van der Waals surface area contributed by atoms with Crippen LogP contribution >= 0.6 is 0 Å². The molecule has 2 amide bonds. The van der Waals surface area contributed by atoms with Crippen molar-refractivity contribution in [2.75, 3.05) is 54.9 Å². The van der Waals surface area contributed by atoms with E-state index in [1.54, 1.807) is 64.4 Å². The summed E-state index contributed by atoms with van der Waals surface area (Å²) in [6.07, 6.45) is 8.53. The zero-order valence-electron chi connectivity index (χ0n) is 37.2. The standard InChI is InChI=1S/C51H53N9O7/c1-34-42(22-23-46(61)54-34)59-26-27-65-50-39(15-11-16-43(50)59)36-18-20-37(21-19-36)57-24-25-58(47(62)32-57)38-30-53-60(31-38)44-29-41(55-56-51(44)52)40-14-9-10-17-45(40)67-49(64)33-66-48(63)28-35-12-7-5-3-2-4-6-8-13-35/h2-17,29-31,36-37,42H,1,18-28,32-33H2,(H2,52,56)(H,54,61)/t36?,37?,42-/m0/s1. The minimum atomic E-state index is -0.768. The second-order valence-corrected chi connectivity index (χ2v) is 17.1. The number of benzene rings is 2. The summed E-state index contributed by atoms with van der Waals surface area (Å²) in [4.78, 5) is 57.7. The SMILES string of the molecule is C=C1NC(=O)CC[C@@H]1N1CCOc2c(C3CCC(N4CCN(c5cnn(-c6cc(-c7ccccc7OC(=O)COC(=O)Cc7ccccccccc7)nnc6N)c5)C(=O)C4)CC3)cccc21. The second kappa shape index (κ2) is 20.3. The van der Waals surface area contributed by atoms with Gasteiger partial charge in [-0.25, -0.2) is 9.48 Å². The van der Waals surface area contributed by atoms with Crippen LogP contribution in [0.15, 0.2) is 128 Å². The molecule has 9 rings (SSSR count). The number of esters is 2. The number of nitrogen functional groups attached to an aromatic ring is 1. The number of hydrogen-bond acceptors (Lipinski definition) is 13. The fourth-order valence-corrected chi connectivity index (χ4v) is 9.50. The van der Waals surface area contributed by atoms with E-state index in [2.05, 4.69) is 55.2 Å². The van der Waals surface area contributed by atoms with E-state index < -0.39 is 18.5 Å². The lowest BCUT2D eigenvalue weighted by Crippen LogP contribution is -2.54. The topological polar surface area (TPSA) is 187 Å². The zero-order valence-corrected chi connectivity index (χ0v) is 37.2. The second-order valence-electron chi connectivity index (χ2n) is 17.1. The predicted molar refractivity (Wildman–Crippen MR) is 252 cm³/mol. The first kappa shape index (κ1) is 44.6. The summed E-state index contributed by atoms with van der Waals surface area (Å²) in [7, 11) is 0. The molecule has 67 heavy (non-hydrogen) atoms. The molecule has 0 radical (unpaired) electrons. The van der Waals surface area contributed by atoms with Crippen molar-refractivity contribution >= 4 is 40.9 Å². The average Bonchev–Trinajstić information content (AvgIpc) is 3.83. The molecule has 2 saturated heterocycles. The zero-order chi connectivity index (χ0) is 46.3.